The molecular formula is C17H11Cl2NO4. The summed E-state index contributed by atoms with van der Waals surface area (Å²) in [5, 5.41) is 1.19. The summed E-state index contributed by atoms with van der Waals surface area (Å²) in [4.78, 5) is 27.6. The smallest absolute Gasteiger partial charge is 0.341 e. The molecule has 0 N–H and O–H groups in total. The zero-order valence-electron chi connectivity index (χ0n) is 12.5. The van der Waals surface area contributed by atoms with Gasteiger partial charge in [-0.25, -0.2) is 14.6 Å². The van der Waals surface area contributed by atoms with Crippen LogP contribution in [-0.2, 0) is 11.3 Å². The van der Waals surface area contributed by atoms with Crippen molar-refractivity contribution in [3.8, 4) is 0 Å². The minimum absolute atomic E-state index is 0.0543. The highest BCUT2D eigenvalue weighted by molar-refractivity contribution is 6.32. The largest absolute Gasteiger partial charge is 0.457 e. The van der Waals surface area contributed by atoms with Crippen molar-refractivity contribution >= 4 is 40.1 Å². The molecule has 122 valence electrons. The number of esters is 1. The van der Waals surface area contributed by atoms with Crippen LogP contribution >= 0.6 is 23.2 Å². The Kier molecular flexibility index (Phi) is 4.55. The SMILES string of the molecule is Cc1cc2oc(=O)cc(COC(=O)c3cccnc3Cl)c2cc1Cl. The van der Waals surface area contributed by atoms with Crippen LogP contribution < -0.4 is 5.63 Å². The Hall–Kier alpha value is -2.37. The fourth-order valence-corrected chi connectivity index (χ4v) is 2.59. The van der Waals surface area contributed by atoms with E-state index in [-0.39, 0.29) is 17.3 Å². The highest BCUT2D eigenvalue weighted by Crippen LogP contribution is 2.26. The molecule has 0 saturated carbocycles. The van der Waals surface area contributed by atoms with Crippen LogP contribution in [0.15, 0.2) is 45.7 Å². The molecule has 0 unspecified atom stereocenters. The van der Waals surface area contributed by atoms with Gasteiger partial charge < -0.3 is 9.15 Å². The number of benzene rings is 1. The molecule has 24 heavy (non-hydrogen) atoms. The minimum atomic E-state index is -0.632. The average Bonchev–Trinajstić information content (AvgIpc) is 2.54. The maximum absolute atomic E-state index is 12.1. The number of nitrogens with zero attached hydrogens (tertiary/aromatic N) is 1. The molecule has 1 aromatic carbocycles. The Morgan fingerprint density at radius 1 is 1.29 bits per heavy atom. The zero-order chi connectivity index (χ0) is 17.3. The van der Waals surface area contributed by atoms with Gasteiger partial charge in [0, 0.05) is 28.2 Å². The maximum atomic E-state index is 12.1. The van der Waals surface area contributed by atoms with Gasteiger partial charge in [0.05, 0.1) is 5.56 Å². The lowest BCUT2D eigenvalue weighted by Crippen LogP contribution is -2.09. The normalized spacial score (nSPS) is 10.8. The van der Waals surface area contributed by atoms with Crippen molar-refractivity contribution in [3.63, 3.8) is 0 Å². The molecule has 0 bridgehead atoms. The first-order chi connectivity index (χ1) is 11.5. The summed E-state index contributed by atoms with van der Waals surface area (Å²) >= 11 is 12.0. The number of carbonyl (C=O) groups is 1. The molecule has 2 heterocycles. The summed E-state index contributed by atoms with van der Waals surface area (Å²) in [6.45, 7) is 1.68. The molecule has 3 aromatic rings. The molecule has 2 aromatic heterocycles. The van der Waals surface area contributed by atoms with Crippen LogP contribution in [0.25, 0.3) is 11.0 Å². The maximum Gasteiger partial charge on any atom is 0.341 e. The van der Waals surface area contributed by atoms with Crippen molar-refractivity contribution in [2.75, 3.05) is 0 Å². The van der Waals surface area contributed by atoms with E-state index in [9.17, 15) is 9.59 Å². The predicted octanol–water partition coefficient (Wildman–Crippen LogP) is 4.16. The molecule has 0 aliphatic carbocycles. The standard InChI is InChI=1S/C17H11Cl2NO4/c1-9-5-14-12(7-13(9)18)10(6-15(21)24-14)8-23-17(22)11-3-2-4-20-16(11)19/h2-7H,8H2,1H3. The van der Waals surface area contributed by atoms with Crippen molar-refractivity contribution in [2.45, 2.75) is 13.5 Å². The second-order valence-corrected chi connectivity index (χ2v) is 5.87. The van der Waals surface area contributed by atoms with E-state index in [1.165, 1.54) is 18.3 Å². The number of ether oxygens (including phenoxy) is 1. The van der Waals surface area contributed by atoms with Crippen LogP contribution in [0.2, 0.25) is 10.2 Å². The summed E-state index contributed by atoms with van der Waals surface area (Å²) in [5.41, 5.74) is 1.28. The number of pyridine rings is 1. The fourth-order valence-electron chi connectivity index (χ4n) is 2.23. The number of rotatable bonds is 3. The van der Waals surface area contributed by atoms with E-state index in [4.69, 9.17) is 32.4 Å². The molecule has 0 fully saturated rings. The number of aryl methyl sites for hydroxylation is 1. The molecule has 3 rings (SSSR count). The van der Waals surface area contributed by atoms with Crippen LogP contribution in [0.1, 0.15) is 21.5 Å². The van der Waals surface area contributed by atoms with E-state index < -0.39 is 11.6 Å². The number of hydrogen-bond acceptors (Lipinski definition) is 5. The Balaban J connectivity index is 1.93. The van der Waals surface area contributed by atoms with Crippen molar-refractivity contribution < 1.29 is 13.9 Å². The van der Waals surface area contributed by atoms with E-state index in [0.29, 0.717) is 21.6 Å². The highest BCUT2D eigenvalue weighted by Gasteiger charge is 2.14. The monoisotopic (exact) mass is 363 g/mol. The quantitative estimate of drug-likeness (QED) is 0.397. The molecule has 0 aliphatic heterocycles. The number of aromatic nitrogens is 1. The summed E-state index contributed by atoms with van der Waals surface area (Å²) in [7, 11) is 0. The van der Waals surface area contributed by atoms with Gasteiger partial charge in [0.2, 0.25) is 0 Å². The van der Waals surface area contributed by atoms with Gasteiger partial charge >= 0.3 is 11.6 Å². The Morgan fingerprint density at radius 3 is 2.83 bits per heavy atom. The number of hydrogen-bond donors (Lipinski definition) is 0. The zero-order valence-corrected chi connectivity index (χ0v) is 14.0. The number of fused-ring (bicyclic) bond motifs is 1. The van der Waals surface area contributed by atoms with Gasteiger partial charge in [-0.05, 0) is 36.8 Å². The third-order valence-corrected chi connectivity index (χ3v) is 4.16. The molecular weight excluding hydrogens is 353 g/mol. The van der Waals surface area contributed by atoms with E-state index in [1.807, 2.05) is 0 Å². The second kappa shape index (κ2) is 6.63. The molecule has 0 saturated heterocycles. The lowest BCUT2D eigenvalue weighted by Gasteiger charge is -2.09. The molecule has 0 aliphatic rings. The number of carbonyl (C=O) groups excluding carboxylic acids is 1. The topological polar surface area (TPSA) is 69.4 Å². The van der Waals surface area contributed by atoms with E-state index in [0.717, 1.165) is 5.56 Å². The van der Waals surface area contributed by atoms with E-state index in [2.05, 4.69) is 4.98 Å². The second-order valence-electron chi connectivity index (χ2n) is 5.11. The highest BCUT2D eigenvalue weighted by atomic mass is 35.5. The van der Waals surface area contributed by atoms with Crippen LogP contribution in [0, 0.1) is 6.92 Å². The molecule has 0 amide bonds. The Bertz CT molecular complexity index is 998. The Morgan fingerprint density at radius 2 is 2.08 bits per heavy atom. The van der Waals surface area contributed by atoms with Gasteiger partial charge in [-0.3, -0.25) is 0 Å². The first-order valence-corrected chi connectivity index (χ1v) is 7.72. The molecule has 0 spiro atoms. The summed E-state index contributed by atoms with van der Waals surface area (Å²) in [6.07, 6.45) is 1.47. The van der Waals surface area contributed by atoms with Crippen LogP contribution in [0.4, 0.5) is 0 Å². The molecule has 0 radical (unpaired) electrons. The minimum Gasteiger partial charge on any atom is -0.457 e. The van der Waals surface area contributed by atoms with Crippen LogP contribution in [0.3, 0.4) is 0 Å². The van der Waals surface area contributed by atoms with Gasteiger partial charge in [0.1, 0.15) is 17.3 Å². The van der Waals surface area contributed by atoms with Gasteiger partial charge in [0.25, 0.3) is 0 Å². The summed E-state index contributed by atoms with van der Waals surface area (Å²) < 4.78 is 10.4. The molecule has 0 atom stereocenters. The van der Waals surface area contributed by atoms with E-state index in [1.54, 1.807) is 25.1 Å². The first-order valence-electron chi connectivity index (χ1n) is 6.96. The fraction of sp³-hybridized carbons (Fsp3) is 0.118. The number of halogens is 2. The third-order valence-electron chi connectivity index (χ3n) is 3.45. The Labute approximate surface area is 146 Å². The molecule has 5 nitrogen and oxygen atoms in total. The van der Waals surface area contributed by atoms with Gasteiger partial charge in [-0.2, -0.15) is 0 Å². The van der Waals surface area contributed by atoms with Gasteiger partial charge in [-0.1, -0.05) is 23.2 Å². The van der Waals surface area contributed by atoms with Crippen LogP contribution in [-0.4, -0.2) is 11.0 Å². The van der Waals surface area contributed by atoms with Gasteiger partial charge in [0.15, 0.2) is 0 Å². The average molecular weight is 364 g/mol. The van der Waals surface area contributed by atoms with Crippen molar-refractivity contribution in [1.29, 1.82) is 0 Å². The van der Waals surface area contributed by atoms with Crippen LogP contribution in [0.5, 0.6) is 0 Å². The summed E-state index contributed by atoms with van der Waals surface area (Å²) in [5.74, 6) is -0.632. The van der Waals surface area contributed by atoms with Gasteiger partial charge in [-0.15, -0.1) is 0 Å². The van der Waals surface area contributed by atoms with Crippen molar-refractivity contribution in [2.24, 2.45) is 0 Å². The van der Waals surface area contributed by atoms with Crippen molar-refractivity contribution in [1.82, 2.24) is 4.98 Å². The first kappa shape index (κ1) is 16.5. The predicted molar refractivity (Wildman–Crippen MR) is 90.6 cm³/mol. The lowest BCUT2D eigenvalue weighted by molar-refractivity contribution is 0.0473. The summed E-state index contributed by atoms with van der Waals surface area (Å²) in [6, 6.07) is 7.71. The van der Waals surface area contributed by atoms with Crippen molar-refractivity contribution in [3.05, 3.63) is 73.8 Å². The third kappa shape index (κ3) is 3.27. The molecule has 7 heteroatoms. The van der Waals surface area contributed by atoms with E-state index >= 15 is 0 Å². The lowest BCUT2D eigenvalue weighted by atomic mass is 10.1.